The molecule has 0 spiro atoms. The van der Waals surface area contributed by atoms with Crippen LogP contribution in [-0.4, -0.2) is 27.1 Å². The predicted octanol–water partition coefficient (Wildman–Crippen LogP) is 3.52. The lowest BCUT2D eigenvalue weighted by Gasteiger charge is -2.43. The van der Waals surface area contributed by atoms with E-state index in [1.54, 1.807) is 0 Å². The van der Waals surface area contributed by atoms with E-state index >= 15 is 0 Å². The van der Waals surface area contributed by atoms with Crippen LogP contribution in [0.3, 0.4) is 0 Å². The summed E-state index contributed by atoms with van der Waals surface area (Å²) in [6.45, 7) is 11.3. The van der Waals surface area contributed by atoms with Gasteiger partial charge in [0, 0.05) is 0 Å². The molecule has 24 heavy (non-hydrogen) atoms. The summed E-state index contributed by atoms with van der Waals surface area (Å²) >= 11 is 0. The number of rotatable bonds is 6. The summed E-state index contributed by atoms with van der Waals surface area (Å²) in [5.74, 6) is 0. The molecule has 2 nitrogen and oxygen atoms in total. The van der Waals surface area contributed by atoms with Crippen molar-refractivity contribution in [1.29, 1.82) is 0 Å². The highest BCUT2D eigenvalue weighted by Crippen LogP contribution is 2.37. The molecule has 0 aliphatic carbocycles. The lowest BCUT2D eigenvalue weighted by Crippen LogP contribution is -2.66. The van der Waals surface area contributed by atoms with Gasteiger partial charge in [-0.05, 0) is 15.4 Å². The molecule has 0 saturated carbocycles. The quantitative estimate of drug-likeness (QED) is 0.457. The lowest BCUT2D eigenvalue weighted by atomic mass is 10.2. The molecular weight excluding hydrogens is 312 g/mol. The Hall–Kier alpha value is -1.68. The second-order valence-electron chi connectivity index (χ2n) is 7.35. The van der Waals surface area contributed by atoms with E-state index in [-0.39, 0.29) is 17.2 Å². The van der Waals surface area contributed by atoms with Gasteiger partial charge < -0.3 is 9.16 Å². The number of hydrogen-bond donors (Lipinski definition) is 0. The van der Waals surface area contributed by atoms with Gasteiger partial charge in [-0.2, -0.15) is 0 Å². The zero-order chi connectivity index (χ0) is 17.2. The minimum atomic E-state index is -2.43. The first-order chi connectivity index (χ1) is 11.5. The van der Waals surface area contributed by atoms with E-state index in [2.05, 4.69) is 88.0 Å². The SMILES string of the molecule is C=C[C@H]1O[C@H]1CO[Si](c1ccccc1)(c1ccccc1)C(C)(C)C. The zero-order valence-electron chi connectivity index (χ0n) is 14.7. The van der Waals surface area contributed by atoms with Crippen LogP contribution in [0.5, 0.6) is 0 Å². The van der Waals surface area contributed by atoms with Crippen molar-refractivity contribution in [3.8, 4) is 0 Å². The molecule has 0 N–H and O–H groups in total. The van der Waals surface area contributed by atoms with Gasteiger partial charge in [0.1, 0.15) is 12.2 Å². The Morgan fingerprint density at radius 1 is 1.00 bits per heavy atom. The minimum absolute atomic E-state index is 0.00821. The van der Waals surface area contributed by atoms with Gasteiger partial charge >= 0.3 is 0 Å². The maximum atomic E-state index is 6.79. The maximum absolute atomic E-state index is 6.79. The van der Waals surface area contributed by atoms with Gasteiger partial charge in [-0.25, -0.2) is 0 Å². The highest BCUT2D eigenvalue weighted by atomic mass is 28.4. The molecule has 1 aliphatic rings. The highest BCUT2D eigenvalue weighted by molar-refractivity contribution is 6.99. The van der Waals surface area contributed by atoms with E-state index in [0.717, 1.165) is 0 Å². The molecule has 0 unspecified atom stereocenters. The van der Waals surface area contributed by atoms with Crippen molar-refractivity contribution in [2.24, 2.45) is 0 Å². The molecule has 0 radical (unpaired) electrons. The van der Waals surface area contributed by atoms with Crippen molar-refractivity contribution in [3.63, 3.8) is 0 Å². The van der Waals surface area contributed by atoms with Gasteiger partial charge in [0.2, 0.25) is 0 Å². The van der Waals surface area contributed by atoms with Gasteiger partial charge in [0.05, 0.1) is 6.61 Å². The summed E-state index contributed by atoms with van der Waals surface area (Å²) in [4.78, 5) is 0. The molecule has 2 aromatic rings. The molecule has 1 fully saturated rings. The third-order valence-corrected chi connectivity index (χ3v) is 9.74. The van der Waals surface area contributed by atoms with Crippen LogP contribution >= 0.6 is 0 Å². The normalized spacial score (nSPS) is 20.6. The Balaban J connectivity index is 2.05. The average molecular weight is 339 g/mol. The average Bonchev–Trinajstić information content (AvgIpc) is 3.35. The predicted molar refractivity (Wildman–Crippen MR) is 102 cm³/mol. The zero-order valence-corrected chi connectivity index (χ0v) is 15.7. The molecule has 126 valence electrons. The maximum Gasteiger partial charge on any atom is 0.261 e. The van der Waals surface area contributed by atoms with Crippen LogP contribution in [0.15, 0.2) is 73.3 Å². The molecule has 2 atom stereocenters. The number of ether oxygens (including phenoxy) is 1. The number of benzene rings is 2. The summed E-state index contributed by atoms with van der Waals surface area (Å²) in [6, 6.07) is 21.4. The summed E-state index contributed by atoms with van der Waals surface area (Å²) in [5, 5.41) is 2.62. The Morgan fingerprint density at radius 2 is 1.50 bits per heavy atom. The second kappa shape index (κ2) is 6.67. The summed E-state index contributed by atoms with van der Waals surface area (Å²) in [6.07, 6.45) is 2.15. The Morgan fingerprint density at radius 3 is 1.88 bits per heavy atom. The lowest BCUT2D eigenvalue weighted by molar-refractivity contribution is 0.249. The van der Waals surface area contributed by atoms with E-state index < -0.39 is 8.32 Å². The molecule has 0 amide bonds. The largest absolute Gasteiger partial charge is 0.405 e. The second-order valence-corrected chi connectivity index (χ2v) is 11.7. The third kappa shape index (κ3) is 3.12. The molecule has 0 aromatic heterocycles. The van der Waals surface area contributed by atoms with Crippen molar-refractivity contribution in [2.45, 2.75) is 38.0 Å². The molecule has 0 bridgehead atoms. The van der Waals surface area contributed by atoms with Crippen LogP contribution < -0.4 is 10.4 Å². The minimum Gasteiger partial charge on any atom is -0.405 e. The van der Waals surface area contributed by atoms with Crippen LogP contribution in [-0.2, 0) is 9.16 Å². The molecule has 1 aliphatic heterocycles. The van der Waals surface area contributed by atoms with Crippen LogP contribution in [0.2, 0.25) is 5.04 Å². The van der Waals surface area contributed by atoms with E-state index in [9.17, 15) is 0 Å². The molecule has 1 heterocycles. The Bertz CT molecular complexity index is 636. The first-order valence-corrected chi connectivity index (χ1v) is 10.4. The van der Waals surface area contributed by atoms with Gasteiger partial charge in [-0.3, -0.25) is 0 Å². The fraction of sp³-hybridized carbons (Fsp3) is 0.333. The van der Waals surface area contributed by atoms with Crippen molar-refractivity contribution >= 4 is 18.7 Å². The Labute approximate surface area is 146 Å². The number of epoxide rings is 1. The van der Waals surface area contributed by atoms with Crippen LogP contribution in [0.25, 0.3) is 0 Å². The fourth-order valence-electron chi connectivity index (χ4n) is 3.47. The van der Waals surface area contributed by atoms with Gasteiger partial charge in [0.25, 0.3) is 8.32 Å². The Kier molecular flexibility index (Phi) is 4.77. The summed E-state index contributed by atoms with van der Waals surface area (Å²) < 4.78 is 12.4. The smallest absolute Gasteiger partial charge is 0.261 e. The van der Waals surface area contributed by atoms with E-state index in [1.165, 1.54) is 10.4 Å². The van der Waals surface area contributed by atoms with Crippen molar-refractivity contribution in [1.82, 2.24) is 0 Å². The third-order valence-electron chi connectivity index (χ3n) is 4.73. The first kappa shape index (κ1) is 17.2. The van der Waals surface area contributed by atoms with Crippen LogP contribution in [0.1, 0.15) is 20.8 Å². The van der Waals surface area contributed by atoms with Crippen molar-refractivity contribution in [3.05, 3.63) is 73.3 Å². The molecule has 1 saturated heterocycles. The molecule has 2 aromatic carbocycles. The summed E-state index contributed by atoms with van der Waals surface area (Å²) in [7, 11) is -2.43. The molecule has 3 heteroatoms. The van der Waals surface area contributed by atoms with E-state index in [4.69, 9.17) is 9.16 Å². The van der Waals surface area contributed by atoms with Crippen molar-refractivity contribution < 1.29 is 9.16 Å². The van der Waals surface area contributed by atoms with E-state index in [1.807, 2.05) is 6.08 Å². The van der Waals surface area contributed by atoms with Crippen LogP contribution in [0.4, 0.5) is 0 Å². The standard InChI is InChI=1S/C21H26O2Si/c1-5-19-20(23-19)16-22-24(21(2,3)4,17-12-8-6-9-13-17)18-14-10-7-11-15-18/h5-15,19-20H,1,16H2,2-4H3/t19-,20+/m1/s1. The first-order valence-electron chi connectivity index (χ1n) is 8.52. The fourth-order valence-corrected chi connectivity index (χ4v) is 8.04. The van der Waals surface area contributed by atoms with Crippen LogP contribution in [0, 0.1) is 0 Å². The van der Waals surface area contributed by atoms with Gasteiger partial charge in [-0.1, -0.05) is 87.5 Å². The van der Waals surface area contributed by atoms with Gasteiger partial charge in [-0.15, -0.1) is 6.58 Å². The van der Waals surface area contributed by atoms with Crippen molar-refractivity contribution in [2.75, 3.05) is 6.61 Å². The molecular formula is C21H26O2Si. The monoisotopic (exact) mass is 338 g/mol. The van der Waals surface area contributed by atoms with Gasteiger partial charge in [0.15, 0.2) is 0 Å². The highest BCUT2D eigenvalue weighted by Gasteiger charge is 2.51. The summed E-state index contributed by atoms with van der Waals surface area (Å²) in [5.41, 5.74) is 0. The molecule has 3 rings (SSSR count). The van der Waals surface area contributed by atoms with E-state index in [0.29, 0.717) is 6.61 Å². The number of hydrogen-bond acceptors (Lipinski definition) is 2. The topological polar surface area (TPSA) is 21.8 Å².